The van der Waals surface area contributed by atoms with E-state index in [4.69, 9.17) is 4.74 Å². The molecule has 2 aromatic carbocycles. The Morgan fingerprint density at radius 3 is 2.65 bits per heavy atom. The van der Waals surface area contributed by atoms with E-state index in [9.17, 15) is 9.18 Å². The summed E-state index contributed by atoms with van der Waals surface area (Å²) in [4.78, 5) is 17.3. The minimum absolute atomic E-state index is 0.242. The van der Waals surface area contributed by atoms with Gasteiger partial charge in [0.05, 0.1) is 24.4 Å². The molecule has 6 nitrogen and oxygen atoms in total. The van der Waals surface area contributed by atoms with E-state index < -0.39 is 0 Å². The zero-order chi connectivity index (χ0) is 21.8. The lowest BCUT2D eigenvalue weighted by Gasteiger charge is -2.13. The maximum Gasteiger partial charge on any atom is 0.255 e. The molecule has 0 fully saturated rings. The zero-order valence-electron chi connectivity index (χ0n) is 17.1. The smallest absolute Gasteiger partial charge is 0.255 e. The molecule has 4 rings (SSSR count). The number of nitrogens with zero attached hydrogens (tertiary/aromatic N) is 3. The maximum atomic E-state index is 13.4. The lowest BCUT2D eigenvalue weighted by atomic mass is 10.1. The Morgan fingerprint density at radius 1 is 1.13 bits per heavy atom. The van der Waals surface area contributed by atoms with Gasteiger partial charge in [-0.05, 0) is 55.0 Å². The summed E-state index contributed by atoms with van der Waals surface area (Å²) in [6, 6.07) is 16.8. The van der Waals surface area contributed by atoms with E-state index in [-0.39, 0.29) is 17.8 Å². The van der Waals surface area contributed by atoms with Crippen LogP contribution in [0.2, 0.25) is 0 Å². The Bertz CT molecular complexity index is 1190. The van der Waals surface area contributed by atoms with Crippen LogP contribution in [0.3, 0.4) is 0 Å². The van der Waals surface area contributed by atoms with Gasteiger partial charge in [0.25, 0.3) is 5.91 Å². The molecule has 156 valence electrons. The number of amides is 1. The molecular formula is C24H21FN4O2. The van der Waals surface area contributed by atoms with Crippen molar-refractivity contribution in [3.8, 4) is 22.7 Å². The van der Waals surface area contributed by atoms with Crippen LogP contribution in [0.15, 0.2) is 79.3 Å². The first-order chi connectivity index (χ1) is 15.0. The molecule has 0 radical (unpaired) electrons. The van der Waals surface area contributed by atoms with Gasteiger partial charge in [0.2, 0.25) is 0 Å². The van der Waals surface area contributed by atoms with Gasteiger partial charge in [0.1, 0.15) is 17.3 Å². The third-order valence-corrected chi connectivity index (χ3v) is 4.93. The van der Waals surface area contributed by atoms with Crippen LogP contribution in [0.4, 0.5) is 4.39 Å². The van der Waals surface area contributed by atoms with Crippen molar-refractivity contribution in [2.75, 3.05) is 7.11 Å². The van der Waals surface area contributed by atoms with Crippen LogP contribution in [0.1, 0.15) is 28.9 Å². The van der Waals surface area contributed by atoms with Crippen LogP contribution in [0, 0.1) is 5.82 Å². The molecule has 4 aromatic rings. The van der Waals surface area contributed by atoms with Crippen molar-refractivity contribution in [2.24, 2.45) is 0 Å². The summed E-state index contributed by atoms with van der Waals surface area (Å²) < 4.78 is 20.2. The van der Waals surface area contributed by atoms with Crippen LogP contribution < -0.4 is 10.1 Å². The monoisotopic (exact) mass is 416 g/mol. The summed E-state index contributed by atoms with van der Waals surface area (Å²) in [5.74, 6) is 0.0404. The molecule has 0 aliphatic heterocycles. The second-order valence-corrected chi connectivity index (χ2v) is 7.03. The van der Waals surface area contributed by atoms with Crippen LogP contribution >= 0.6 is 0 Å². The molecule has 1 amide bonds. The molecule has 0 saturated heterocycles. The summed E-state index contributed by atoms with van der Waals surface area (Å²) in [7, 11) is 1.58. The van der Waals surface area contributed by atoms with Crippen LogP contribution in [0.5, 0.6) is 5.75 Å². The number of benzene rings is 2. The molecule has 1 unspecified atom stereocenters. The molecule has 0 spiro atoms. The normalized spacial score (nSPS) is 11.7. The first-order valence-electron chi connectivity index (χ1n) is 9.76. The van der Waals surface area contributed by atoms with Gasteiger partial charge < -0.3 is 10.1 Å². The predicted molar refractivity (Wildman–Crippen MR) is 116 cm³/mol. The summed E-state index contributed by atoms with van der Waals surface area (Å²) in [5, 5.41) is 7.62. The lowest BCUT2D eigenvalue weighted by molar-refractivity contribution is 0.0940. The number of methoxy groups -OCH3 is 1. The maximum absolute atomic E-state index is 13.4. The number of aromatic nitrogens is 3. The van der Waals surface area contributed by atoms with Gasteiger partial charge in [-0.25, -0.2) is 9.07 Å². The van der Waals surface area contributed by atoms with Crippen molar-refractivity contribution >= 4 is 5.91 Å². The van der Waals surface area contributed by atoms with E-state index >= 15 is 0 Å². The van der Waals surface area contributed by atoms with E-state index in [1.165, 1.54) is 12.1 Å². The zero-order valence-corrected chi connectivity index (χ0v) is 17.1. The molecule has 1 N–H and O–H groups in total. The Balaban J connectivity index is 1.73. The average Bonchev–Trinajstić information content (AvgIpc) is 3.26. The second kappa shape index (κ2) is 8.79. The molecule has 1 atom stereocenters. The van der Waals surface area contributed by atoms with E-state index in [2.05, 4.69) is 15.4 Å². The number of halogens is 1. The molecular weight excluding hydrogens is 395 g/mol. The number of hydrogen-bond donors (Lipinski definition) is 1. The number of carbonyl (C=O) groups is 1. The third-order valence-electron chi connectivity index (χ3n) is 4.93. The van der Waals surface area contributed by atoms with Crippen molar-refractivity contribution in [3.05, 3.63) is 96.2 Å². The number of pyridine rings is 1. The fourth-order valence-electron chi connectivity index (χ4n) is 3.24. The molecule has 31 heavy (non-hydrogen) atoms. The Kier molecular flexibility index (Phi) is 5.75. The first kappa shape index (κ1) is 20.3. The molecule has 0 bridgehead atoms. The minimum Gasteiger partial charge on any atom is -0.497 e. The van der Waals surface area contributed by atoms with Crippen molar-refractivity contribution in [1.29, 1.82) is 0 Å². The molecule has 0 aliphatic carbocycles. The summed E-state index contributed by atoms with van der Waals surface area (Å²) >= 11 is 0. The van der Waals surface area contributed by atoms with Gasteiger partial charge in [0.15, 0.2) is 0 Å². The van der Waals surface area contributed by atoms with Crippen LogP contribution in [-0.2, 0) is 0 Å². The SMILES string of the molecule is COc1cccc(-c2nn(-c3ccc(F)cc3)cc2C(=O)NC(C)c2cccnc2)c1. The summed E-state index contributed by atoms with van der Waals surface area (Å²) in [5.41, 5.74) is 3.17. The van der Waals surface area contributed by atoms with Crippen LogP contribution in [0.25, 0.3) is 16.9 Å². The Morgan fingerprint density at radius 2 is 1.94 bits per heavy atom. The summed E-state index contributed by atoms with van der Waals surface area (Å²) in [6.45, 7) is 1.89. The Labute approximate surface area is 179 Å². The second-order valence-electron chi connectivity index (χ2n) is 7.03. The number of hydrogen-bond acceptors (Lipinski definition) is 4. The van der Waals surface area contributed by atoms with Gasteiger partial charge in [-0.1, -0.05) is 18.2 Å². The standard InChI is InChI=1S/C24H21FN4O2/c1-16(18-6-4-12-26-14-18)27-24(30)22-15-29(20-10-8-19(25)9-11-20)28-23(22)17-5-3-7-21(13-17)31-2/h3-16H,1-2H3,(H,27,30). The molecule has 0 saturated carbocycles. The molecule has 2 aromatic heterocycles. The number of carbonyl (C=O) groups excluding carboxylic acids is 1. The number of ether oxygens (including phenoxy) is 1. The minimum atomic E-state index is -0.341. The van der Waals surface area contributed by atoms with Crippen molar-refractivity contribution in [1.82, 2.24) is 20.1 Å². The van der Waals surface area contributed by atoms with Gasteiger partial charge in [-0.2, -0.15) is 5.10 Å². The average molecular weight is 416 g/mol. The Hall–Kier alpha value is -4.00. The summed E-state index contributed by atoms with van der Waals surface area (Å²) in [6.07, 6.45) is 5.05. The third kappa shape index (κ3) is 4.45. The highest BCUT2D eigenvalue weighted by Crippen LogP contribution is 2.27. The fourth-order valence-corrected chi connectivity index (χ4v) is 3.24. The highest BCUT2D eigenvalue weighted by atomic mass is 19.1. The fraction of sp³-hybridized carbons (Fsp3) is 0.125. The van der Waals surface area contributed by atoms with Gasteiger partial charge in [0, 0.05) is 24.2 Å². The largest absolute Gasteiger partial charge is 0.497 e. The van der Waals surface area contributed by atoms with E-state index in [0.29, 0.717) is 22.7 Å². The quantitative estimate of drug-likeness (QED) is 0.500. The van der Waals surface area contributed by atoms with E-state index in [1.54, 1.807) is 42.5 Å². The van der Waals surface area contributed by atoms with Crippen molar-refractivity contribution in [3.63, 3.8) is 0 Å². The first-order valence-corrected chi connectivity index (χ1v) is 9.76. The molecule has 2 heterocycles. The molecule has 7 heteroatoms. The van der Waals surface area contributed by atoms with Gasteiger partial charge in [-0.15, -0.1) is 0 Å². The van der Waals surface area contributed by atoms with Crippen LogP contribution in [-0.4, -0.2) is 27.8 Å². The highest BCUT2D eigenvalue weighted by Gasteiger charge is 2.21. The number of rotatable bonds is 6. The highest BCUT2D eigenvalue weighted by molar-refractivity contribution is 6.00. The van der Waals surface area contributed by atoms with E-state index in [0.717, 1.165) is 11.1 Å². The number of nitrogens with one attached hydrogen (secondary N) is 1. The van der Waals surface area contributed by atoms with Gasteiger partial charge in [-0.3, -0.25) is 9.78 Å². The predicted octanol–water partition coefficient (Wildman–Crippen LogP) is 4.57. The topological polar surface area (TPSA) is 69.0 Å². The molecule has 0 aliphatic rings. The lowest BCUT2D eigenvalue weighted by Crippen LogP contribution is -2.26. The van der Waals surface area contributed by atoms with Crippen molar-refractivity contribution < 1.29 is 13.9 Å². The van der Waals surface area contributed by atoms with Crippen molar-refractivity contribution in [2.45, 2.75) is 13.0 Å². The van der Waals surface area contributed by atoms with Gasteiger partial charge >= 0.3 is 0 Å². The van der Waals surface area contributed by atoms with E-state index in [1.807, 2.05) is 43.3 Å².